The number of hydrogen-bond donors (Lipinski definition) is 0. The van der Waals surface area contributed by atoms with Crippen LogP contribution in [-0.4, -0.2) is 13.1 Å². The van der Waals surface area contributed by atoms with E-state index in [1.165, 1.54) is 25.5 Å². The smallest absolute Gasteiger partial charge is 0.343 e. The molecule has 1 saturated carbocycles. The van der Waals surface area contributed by atoms with Gasteiger partial charge in [0.1, 0.15) is 5.75 Å². The maximum absolute atomic E-state index is 13.7. The first-order valence-corrected chi connectivity index (χ1v) is 8.83. The summed E-state index contributed by atoms with van der Waals surface area (Å²) in [5.74, 6) is -1.88. The van der Waals surface area contributed by atoms with E-state index in [2.05, 4.69) is 11.7 Å². The summed E-state index contributed by atoms with van der Waals surface area (Å²) in [6, 6.07) is 9.13. The zero-order chi connectivity index (χ0) is 18.7. The van der Waals surface area contributed by atoms with Crippen LogP contribution in [0.3, 0.4) is 0 Å². The van der Waals surface area contributed by atoms with Gasteiger partial charge in [0.2, 0.25) is 0 Å². The molecule has 138 valence electrons. The van der Waals surface area contributed by atoms with Crippen LogP contribution in [0.4, 0.5) is 8.78 Å². The third kappa shape index (κ3) is 4.03. The van der Waals surface area contributed by atoms with Crippen molar-refractivity contribution in [3.05, 3.63) is 59.2 Å². The highest BCUT2D eigenvalue weighted by Gasteiger charge is 2.20. The zero-order valence-corrected chi connectivity index (χ0v) is 14.9. The molecule has 3 rings (SSSR count). The van der Waals surface area contributed by atoms with Gasteiger partial charge in [-0.05, 0) is 42.4 Å². The van der Waals surface area contributed by atoms with Crippen molar-refractivity contribution in [2.75, 3.05) is 7.11 Å². The van der Waals surface area contributed by atoms with Gasteiger partial charge in [-0.15, -0.1) is 0 Å². The van der Waals surface area contributed by atoms with Gasteiger partial charge in [-0.1, -0.05) is 31.9 Å². The highest BCUT2D eigenvalue weighted by atomic mass is 19.1. The van der Waals surface area contributed by atoms with E-state index >= 15 is 0 Å². The summed E-state index contributed by atoms with van der Waals surface area (Å²) in [6.07, 6.45) is 4.77. The van der Waals surface area contributed by atoms with Crippen LogP contribution in [0, 0.1) is 17.6 Å². The van der Waals surface area contributed by atoms with Crippen molar-refractivity contribution < 1.29 is 23.0 Å². The number of rotatable bonds is 4. The van der Waals surface area contributed by atoms with Crippen LogP contribution in [0.25, 0.3) is 0 Å². The number of carbonyl (C=O) groups excluding carboxylic acids is 1. The predicted octanol–water partition coefficient (Wildman–Crippen LogP) is 5.49. The van der Waals surface area contributed by atoms with Crippen molar-refractivity contribution in [2.45, 2.75) is 38.5 Å². The van der Waals surface area contributed by atoms with Crippen LogP contribution in [0.15, 0.2) is 36.4 Å². The van der Waals surface area contributed by atoms with Crippen LogP contribution in [0.1, 0.15) is 54.4 Å². The van der Waals surface area contributed by atoms with Crippen LogP contribution in [0.5, 0.6) is 11.5 Å². The van der Waals surface area contributed by atoms with Gasteiger partial charge in [-0.3, -0.25) is 0 Å². The molecule has 0 spiro atoms. The molecular formula is C21H22F2O3. The minimum atomic E-state index is -0.919. The fourth-order valence-corrected chi connectivity index (χ4v) is 3.44. The SMILES string of the molecule is COc1c(F)cc(OC(=O)c2ccc(C3CCC(C)CC3)cc2)cc1F. The van der Waals surface area contributed by atoms with Crippen LogP contribution in [-0.2, 0) is 0 Å². The Morgan fingerprint density at radius 3 is 2.12 bits per heavy atom. The summed E-state index contributed by atoms with van der Waals surface area (Å²) in [5.41, 5.74) is 1.56. The molecule has 2 aromatic carbocycles. The molecule has 5 heteroatoms. The Balaban J connectivity index is 1.69. The van der Waals surface area contributed by atoms with Crippen molar-refractivity contribution in [1.29, 1.82) is 0 Å². The Bertz CT molecular complexity index is 755. The van der Waals surface area contributed by atoms with E-state index in [0.717, 1.165) is 30.9 Å². The van der Waals surface area contributed by atoms with E-state index in [9.17, 15) is 13.6 Å². The standard InChI is InChI=1S/C21H22F2O3/c1-13-3-5-14(6-4-13)15-7-9-16(10-8-15)21(24)26-17-11-18(22)20(25-2)19(23)12-17/h7-14H,3-6H2,1-2H3. The maximum atomic E-state index is 13.7. The quantitative estimate of drug-likeness (QED) is 0.534. The monoisotopic (exact) mass is 360 g/mol. The topological polar surface area (TPSA) is 35.5 Å². The van der Waals surface area contributed by atoms with E-state index in [1.54, 1.807) is 12.1 Å². The Hall–Kier alpha value is -2.43. The van der Waals surface area contributed by atoms with Crippen molar-refractivity contribution in [3.8, 4) is 11.5 Å². The number of methoxy groups -OCH3 is 1. The molecule has 1 aliphatic carbocycles. The molecule has 0 aliphatic heterocycles. The van der Waals surface area contributed by atoms with Crippen molar-refractivity contribution in [2.24, 2.45) is 5.92 Å². The largest absolute Gasteiger partial charge is 0.491 e. The lowest BCUT2D eigenvalue weighted by molar-refractivity contribution is 0.0733. The normalized spacial score (nSPS) is 19.8. The first-order valence-electron chi connectivity index (χ1n) is 8.83. The van der Waals surface area contributed by atoms with E-state index in [-0.39, 0.29) is 5.75 Å². The second kappa shape index (κ2) is 7.85. The molecule has 0 radical (unpaired) electrons. The van der Waals surface area contributed by atoms with Gasteiger partial charge < -0.3 is 9.47 Å². The Morgan fingerprint density at radius 2 is 1.58 bits per heavy atom. The van der Waals surface area contributed by atoms with Gasteiger partial charge in [-0.2, -0.15) is 0 Å². The van der Waals surface area contributed by atoms with Gasteiger partial charge in [0.15, 0.2) is 17.4 Å². The number of esters is 1. The Kier molecular flexibility index (Phi) is 5.55. The van der Waals surface area contributed by atoms with Crippen LogP contribution < -0.4 is 9.47 Å². The maximum Gasteiger partial charge on any atom is 0.343 e. The number of ether oxygens (including phenoxy) is 2. The molecule has 0 N–H and O–H groups in total. The number of carbonyl (C=O) groups is 1. The molecular weight excluding hydrogens is 338 g/mol. The van der Waals surface area contributed by atoms with Crippen molar-refractivity contribution >= 4 is 5.97 Å². The highest BCUT2D eigenvalue weighted by Crippen LogP contribution is 2.35. The lowest BCUT2D eigenvalue weighted by atomic mass is 9.79. The first kappa shape index (κ1) is 18.4. The Labute approximate surface area is 151 Å². The van der Waals surface area contributed by atoms with Gasteiger partial charge in [-0.25, -0.2) is 13.6 Å². The average molecular weight is 360 g/mol. The number of halogens is 2. The van der Waals surface area contributed by atoms with Gasteiger partial charge in [0.25, 0.3) is 0 Å². The lowest BCUT2D eigenvalue weighted by Crippen LogP contribution is -2.12. The second-order valence-electron chi connectivity index (χ2n) is 6.89. The number of hydrogen-bond acceptors (Lipinski definition) is 3. The Morgan fingerprint density at radius 1 is 1.00 bits per heavy atom. The molecule has 1 aliphatic rings. The lowest BCUT2D eigenvalue weighted by Gasteiger charge is -2.26. The average Bonchev–Trinajstić information content (AvgIpc) is 2.62. The highest BCUT2D eigenvalue weighted by molar-refractivity contribution is 5.91. The molecule has 3 nitrogen and oxygen atoms in total. The molecule has 0 bridgehead atoms. The van der Waals surface area contributed by atoms with E-state index in [1.807, 2.05) is 12.1 Å². The van der Waals surface area contributed by atoms with Crippen LogP contribution >= 0.6 is 0 Å². The van der Waals surface area contributed by atoms with Crippen molar-refractivity contribution in [1.82, 2.24) is 0 Å². The summed E-state index contributed by atoms with van der Waals surface area (Å²) in [6.45, 7) is 2.28. The summed E-state index contributed by atoms with van der Waals surface area (Å²) in [7, 11) is 1.17. The summed E-state index contributed by atoms with van der Waals surface area (Å²) in [4.78, 5) is 12.2. The number of benzene rings is 2. The molecule has 2 aromatic rings. The molecule has 0 unspecified atom stereocenters. The first-order chi connectivity index (χ1) is 12.5. The molecule has 0 aromatic heterocycles. The third-order valence-electron chi connectivity index (χ3n) is 5.02. The van der Waals surface area contributed by atoms with E-state index in [4.69, 9.17) is 4.74 Å². The zero-order valence-electron chi connectivity index (χ0n) is 14.9. The summed E-state index contributed by atoms with van der Waals surface area (Å²) >= 11 is 0. The molecule has 26 heavy (non-hydrogen) atoms. The van der Waals surface area contributed by atoms with Gasteiger partial charge in [0.05, 0.1) is 12.7 Å². The molecule has 1 fully saturated rings. The van der Waals surface area contributed by atoms with E-state index in [0.29, 0.717) is 11.5 Å². The summed E-state index contributed by atoms with van der Waals surface area (Å²) in [5, 5.41) is 0. The minimum Gasteiger partial charge on any atom is -0.491 e. The third-order valence-corrected chi connectivity index (χ3v) is 5.02. The second-order valence-corrected chi connectivity index (χ2v) is 6.89. The van der Waals surface area contributed by atoms with Gasteiger partial charge in [0, 0.05) is 12.1 Å². The molecule has 0 atom stereocenters. The van der Waals surface area contributed by atoms with Crippen molar-refractivity contribution in [3.63, 3.8) is 0 Å². The molecule has 0 amide bonds. The fraction of sp³-hybridized carbons (Fsp3) is 0.381. The van der Waals surface area contributed by atoms with E-state index < -0.39 is 23.4 Å². The summed E-state index contributed by atoms with van der Waals surface area (Å²) < 4.78 is 37.1. The predicted molar refractivity (Wildman–Crippen MR) is 94.7 cm³/mol. The fourth-order valence-electron chi connectivity index (χ4n) is 3.44. The molecule has 0 saturated heterocycles. The molecule has 0 heterocycles. The minimum absolute atomic E-state index is 0.198. The van der Waals surface area contributed by atoms with Gasteiger partial charge >= 0.3 is 5.97 Å². The van der Waals surface area contributed by atoms with Crippen LogP contribution in [0.2, 0.25) is 0 Å².